The predicted molar refractivity (Wildman–Crippen MR) is 71.2 cm³/mol. The SMILES string of the molecule is NCC(=O)NCC(=O)N[C@H](CO)Cc1ccccc1. The minimum atomic E-state index is -0.390. The van der Waals surface area contributed by atoms with Gasteiger partial charge in [-0.3, -0.25) is 9.59 Å². The highest BCUT2D eigenvalue weighted by atomic mass is 16.3. The second kappa shape index (κ2) is 8.23. The zero-order chi connectivity index (χ0) is 14.1. The molecule has 0 bridgehead atoms. The van der Waals surface area contributed by atoms with Gasteiger partial charge in [-0.15, -0.1) is 0 Å². The molecule has 0 saturated heterocycles. The zero-order valence-corrected chi connectivity index (χ0v) is 10.6. The molecule has 1 atom stereocenters. The van der Waals surface area contributed by atoms with E-state index >= 15 is 0 Å². The molecule has 1 aromatic rings. The predicted octanol–water partition coefficient (Wildman–Crippen LogP) is -1.22. The summed E-state index contributed by atoms with van der Waals surface area (Å²) in [5, 5.41) is 14.3. The van der Waals surface area contributed by atoms with Gasteiger partial charge in [0.15, 0.2) is 0 Å². The van der Waals surface area contributed by atoms with E-state index in [9.17, 15) is 14.7 Å². The molecular weight excluding hydrogens is 246 g/mol. The third-order valence-electron chi connectivity index (χ3n) is 2.54. The summed E-state index contributed by atoms with van der Waals surface area (Å²) in [5.74, 6) is -0.740. The van der Waals surface area contributed by atoms with Crippen LogP contribution >= 0.6 is 0 Å². The van der Waals surface area contributed by atoms with E-state index in [4.69, 9.17) is 5.73 Å². The van der Waals surface area contributed by atoms with Crippen LogP contribution in [0.25, 0.3) is 0 Å². The Hall–Kier alpha value is -1.92. The molecule has 6 nitrogen and oxygen atoms in total. The molecule has 1 rings (SSSR count). The summed E-state index contributed by atoms with van der Waals surface area (Å²) in [6.45, 7) is -0.451. The lowest BCUT2D eigenvalue weighted by atomic mass is 10.1. The molecule has 104 valence electrons. The molecule has 0 radical (unpaired) electrons. The maximum Gasteiger partial charge on any atom is 0.239 e. The van der Waals surface area contributed by atoms with Gasteiger partial charge >= 0.3 is 0 Å². The fourth-order valence-electron chi connectivity index (χ4n) is 1.59. The topological polar surface area (TPSA) is 104 Å². The Balaban J connectivity index is 2.39. The second-order valence-corrected chi connectivity index (χ2v) is 4.12. The van der Waals surface area contributed by atoms with Crippen LogP contribution in [0.2, 0.25) is 0 Å². The van der Waals surface area contributed by atoms with E-state index in [1.54, 1.807) is 0 Å². The van der Waals surface area contributed by atoms with Crippen molar-refractivity contribution in [1.29, 1.82) is 0 Å². The van der Waals surface area contributed by atoms with Crippen LogP contribution in [0.3, 0.4) is 0 Å². The first-order valence-corrected chi connectivity index (χ1v) is 6.06. The van der Waals surface area contributed by atoms with Gasteiger partial charge in [-0.25, -0.2) is 0 Å². The van der Waals surface area contributed by atoms with Crippen LogP contribution in [0, 0.1) is 0 Å². The van der Waals surface area contributed by atoms with Crippen LogP contribution in [0.4, 0.5) is 0 Å². The van der Waals surface area contributed by atoms with E-state index in [-0.39, 0.29) is 31.6 Å². The van der Waals surface area contributed by atoms with E-state index in [1.165, 1.54) is 0 Å². The van der Waals surface area contributed by atoms with E-state index in [0.29, 0.717) is 6.42 Å². The third-order valence-corrected chi connectivity index (χ3v) is 2.54. The number of carbonyl (C=O) groups excluding carboxylic acids is 2. The van der Waals surface area contributed by atoms with Gasteiger partial charge in [0.25, 0.3) is 0 Å². The Morgan fingerprint density at radius 3 is 2.47 bits per heavy atom. The first-order chi connectivity index (χ1) is 9.15. The Kier molecular flexibility index (Phi) is 6.56. The van der Waals surface area contributed by atoms with E-state index in [0.717, 1.165) is 5.56 Å². The standard InChI is InChI=1S/C13H19N3O3/c14-7-12(18)15-8-13(19)16-11(9-17)6-10-4-2-1-3-5-10/h1-5,11,17H,6-9,14H2,(H,15,18)(H,16,19)/t11-/m0/s1. The van der Waals surface area contributed by atoms with Gasteiger partial charge < -0.3 is 21.5 Å². The first kappa shape index (κ1) is 15.1. The molecule has 1 aromatic carbocycles. The van der Waals surface area contributed by atoms with Crippen molar-refractivity contribution >= 4 is 11.8 Å². The van der Waals surface area contributed by atoms with Gasteiger partial charge in [0.1, 0.15) is 0 Å². The smallest absolute Gasteiger partial charge is 0.239 e. The maximum atomic E-state index is 11.5. The summed E-state index contributed by atoms with van der Waals surface area (Å²) in [4.78, 5) is 22.4. The Labute approximate surface area is 112 Å². The molecule has 0 aromatic heterocycles. The van der Waals surface area contributed by atoms with Crippen LogP contribution in [-0.4, -0.2) is 42.7 Å². The monoisotopic (exact) mass is 265 g/mol. The van der Waals surface area contributed by atoms with Gasteiger partial charge in [0, 0.05) is 0 Å². The van der Waals surface area contributed by atoms with Crippen molar-refractivity contribution < 1.29 is 14.7 Å². The molecule has 0 saturated carbocycles. The van der Waals surface area contributed by atoms with Crippen LogP contribution in [0.5, 0.6) is 0 Å². The molecule has 0 spiro atoms. The number of aliphatic hydroxyl groups is 1. The fourth-order valence-corrected chi connectivity index (χ4v) is 1.59. The van der Waals surface area contributed by atoms with Crippen LogP contribution < -0.4 is 16.4 Å². The summed E-state index contributed by atoms with van der Waals surface area (Å²) in [5.41, 5.74) is 6.13. The highest BCUT2D eigenvalue weighted by molar-refractivity contribution is 5.85. The molecule has 0 aliphatic carbocycles. The third kappa shape index (κ3) is 5.98. The number of hydrogen-bond acceptors (Lipinski definition) is 4. The number of nitrogens with two attached hydrogens (primary N) is 1. The summed E-state index contributed by atoms with van der Waals surface area (Å²) in [6, 6.07) is 9.17. The quantitative estimate of drug-likeness (QED) is 0.496. The van der Waals surface area contributed by atoms with Crippen molar-refractivity contribution in [3.05, 3.63) is 35.9 Å². The van der Waals surface area contributed by atoms with Gasteiger partial charge in [-0.05, 0) is 12.0 Å². The van der Waals surface area contributed by atoms with Gasteiger partial charge in [-0.1, -0.05) is 30.3 Å². The molecule has 0 aliphatic rings. The summed E-state index contributed by atoms with van der Waals surface area (Å²) < 4.78 is 0. The molecule has 0 heterocycles. The van der Waals surface area contributed by atoms with Crippen molar-refractivity contribution in [3.8, 4) is 0 Å². The Morgan fingerprint density at radius 2 is 1.89 bits per heavy atom. The van der Waals surface area contributed by atoms with E-state index < -0.39 is 5.91 Å². The highest BCUT2D eigenvalue weighted by Gasteiger charge is 2.12. The van der Waals surface area contributed by atoms with Crippen molar-refractivity contribution in [1.82, 2.24) is 10.6 Å². The number of benzene rings is 1. The highest BCUT2D eigenvalue weighted by Crippen LogP contribution is 2.02. The molecule has 0 fully saturated rings. The number of amides is 2. The summed E-state index contributed by atoms with van der Waals surface area (Å²) in [7, 11) is 0. The van der Waals surface area contributed by atoms with Crippen molar-refractivity contribution in [2.45, 2.75) is 12.5 Å². The molecule has 0 unspecified atom stereocenters. The average Bonchev–Trinajstić information content (AvgIpc) is 2.45. The number of carbonyl (C=O) groups is 2. The zero-order valence-electron chi connectivity index (χ0n) is 10.6. The lowest BCUT2D eigenvalue weighted by Crippen LogP contribution is -2.45. The number of aliphatic hydroxyl groups excluding tert-OH is 1. The van der Waals surface area contributed by atoms with Crippen LogP contribution in [-0.2, 0) is 16.0 Å². The summed E-state index contributed by atoms with van der Waals surface area (Å²) in [6.07, 6.45) is 0.536. The van der Waals surface area contributed by atoms with Crippen LogP contribution in [0.1, 0.15) is 5.56 Å². The Bertz CT molecular complexity index is 409. The van der Waals surface area contributed by atoms with Gasteiger partial charge in [-0.2, -0.15) is 0 Å². The van der Waals surface area contributed by atoms with Crippen molar-refractivity contribution in [3.63, 3.8) is 0 Å². The minimum Gasteiger partial charge on any atom is -0.394 e. The largest absolute Gasteiger partial charge is 0.394 e. The number of hydrogen-bond donors (Lipinski definition) is 4. The molecule has 2 amide bonds. The second-order valence-electron chi connectivity index (χ2n) is 4.12. The number of nitrogens with one attached hydrogen (secondary N) is 2. The first-order valence-electron chi connectivity index (χ1n) is 6.06. The fraction of sp³-hybridized carbons (Fsp3) is 0.385. The van der Waals surface area contributed by atoms with E-state index in [1.807, 2.05) is 30.3 Å². The van der Waals surface area contributed by atoms with Crippen LogP contribution in [0.15, 0.2) is 30.3 Å². The molecule has 19 heavy (non-hydrogen) atoms. The lowest BCUT2D eigenvalue weighted by molar-refractivity contribution is -0.125. The van der Waals surface area contributed by atoms with Crippen molar-refractivity contribution in [2.75, 3.05) is 19.7 Å². The molecule has 0 aliphatic heterocycles. The normalized spacial score (nSPS) is 11.7. The maximum absolute atomic E-state index is 11.5. The van der Waals surface area contributed by atoms with Gasteiger partial charge in [0.2, 0.25) is 11.8 Å². The minimum absolute atomic E-state index is 0.138. The summed E-state index contributed by atoms with van der Waals surface area (Å²) >= 11 is 0. The lowest BCUT2D eigenvalue weighted by Gasteiger charge is -2.16. The van der Waals surface area contributed by atoms with E-state index in [2.05, 4.69) is 10.6 Å². The molecule has 6 heteroatoms. The Morgan fingerprint density at radius 1 is 1.21 bits per heavy atom. The number of rotatable bonds is 7. The van der Waals surface area contributed by atoms with Crippen molar-refractivity contribution in [2.24, 2.45) is 5.73 Å². The van der Waals surface area contributed by atoms with Gasteiger partial charge in [0.05, 0.1) is 25.7 Å². The average molecular weight is 265 g/mol. The molecule has 5 N–H and O–H groups in total. The molecular formula is C13H19N3O3.